The van der Waals surface area contributed by atoms with E-state index in [1.807, 2.05) is 19.9 Å². The van der Waals surface area contributed by atoms with Gasteiger partial charge in [-0.1, -0.05) is 39.3 Å². The fourth-order valence-corrected chi connectivity index (χ4v) is 22.0. The molecule has 1 heterocycles. The number of aromatic nitrogens is 1. The Hall–Kier alpha value is -0.386. The van der Waals surface area contributed by atoms with Crippen molar-refractivity contribution in [2.45, 2.75) is 58.0 Å². The smallest absolute Gasteiger partial charge is 0.343 e. The van der Waals surface area contributed by atoms with Gasteiger partial charge in [0.05, 0.1) is 28.0 Å². The Morgan fingerprint density at radius 1 is 1.25 bits per heavy atom. The highest BCUT2D eigenvalue weighted by Gasteiger charge is 2.42. The predicted octanol–water partition coefficient (Wildman–Crippen LogP) is 4.85. The summed E-state index contributed by atoms with van der Waals surface area (Å²) in [5, 5.41) is 0.842. The minimum Gasteiger partial charge on any atom is -0.462 e. The third kappa shape index (κ3) is 4.06. The van der Waals surface area contributed by atoms with Gasteiger partial charge >= 0.3 is 5.97 Å². The summed E-state index contributed by atoms with van der Waals surface area (Å²) < 4.78 is 10.1. The van der Waals surface area contributed by atoms with E-state index in [1.165, 1.54) is 0 Å². The van der Waals surface area contributed by atoms with Crippen LogP contribution >= 0.6 is 7.69 Å². The van der Waals surface area contributed by atoms with Crippen molar-refractivity contribution in [3.8, 4) is 0 Å². The van der Waals surface area contributed by atoms with E-state index in [-0.39, 0.29) is 5.97 Å². The van der Waals surface area contributed by atoms with Crippen LogP contribution in [0.3, 0.4) is 0 Å². The molecule has 1 atom stereocenters. The number of ether oxygens (including phenoxy) is 1. The quantitative estimate of drug-likeness (QED) is 0.572. The van der Waals surface area contributed by atoms with Crippen LogP contribution < -0.4 is 0 Å². The number of hydrogen-bond acceptors (Lipinski definition) is 3. The van der Waals surface area contributed by atoms with Gasteiger partial charge in [-0.05, 0) is 27.6 Å². The maximum absolute atomic E-state index is 12.2. The summed E-state index contributed by atoms with van der Waals surface area (Å²) >= 11 is 0. The topological polar surface area (TPSA) is 39.2 Å². The molecule has 0 N–H and O–H groups in total. The van der Waals surface area contributed by atoms with Gasteiger partial charge in [0.15, 0.2) is 0 Å². The van der Waals surface area contributed by atoms with Gasteiger partial charge in [-0.25, -0.2) is 9.54 Å². The molecule has 1 unspecified atom stereocenters. The van der Waals surface area contributed by atoms with E-state index in [1.54, 1.807) is 0 Å². The Labute approximate surface area is 126 Å². The highest BCUT2D eigenvalue weighted by Crippen LogP contribution is 2.52. The normalized spacial score (nSPS) is 13.8. The maximum atomic E-state index is 12.2. The first kappa shape index (κ1) is 17.7. The average Bonchev–Trinajstić information content (AvgIpc) is 2.55. The fourth-order valence-electron chi connectivity index (χ4n) is 3.10. The highest BCUT2D eigenvalue weighted by atomic mass is 31.1. The Morgan fingerprint density at radius 3 is 2.15 bits per heavy atom. The second-order valence-corrected chi connectivity index (χ2v) is 21.5. The van der Waals surface area contributed by atoms with Gasteiger partial charge in [0, 0.05) is 10.6 Å². The summed E-state index contributed by atoms with van der Waals surface area (Å²) in [7, 11) is -3.53. The molecule has 0 spiro atoms. The van der Waals surface area contributed by atoms with E-state index >= 15 is 0 Å². The van der Waals surface area contributed by atoms with E-state index in [4.69, 9.17) is 9.48 Å². The minimum absolute atomic E-state index is 0.152. The molecule has 0 aliphatic rings. The number of esters is 1. The van der Waals surface area contributed by atoms with E-state index in [0.717, 1.165) is 11.0 Å². The summed E-state index contributed by atoms with van der Waals surface area (Å²) in [5.41, 5.74) is 0.987. The molecule has 0 radical (unpaired) electrons. The molecule has 20 heavy (non-hydrogen) atoms. The number of carbonyl (C=O) groups excluding carboxylic acids is 1. The Balaban J connectivity index is 3.39. The number of nitrogens with zero attached hydrogens (tertiary/aromatic N) is 1. The van der Waals surface area contributed by atoms with Crippen molar-refractivity contribution in [3.63, 3.8) is 0 Å². The molecule has 114 valence electrons. The van der Waals surface area contributed by atoms with Crippen molar-refractivity contribution in [1.82, 2.24) is 4.75 Å². The number of hydrogen-bond donors (Lipinski definition) is 0. The molecule has 0 saturated carbocycles. The molecule has 0 aliphatic carbocycles. The molecule has 0 fully saturated rings. The van der Waals surface area contributed by atoms with Crippen LogP contribution in [0.25, 0.3) is 0 Å². The number of aryl methyl sites for hydroxylation is 1. The summed E-state index contributed by atoms with van der Waals surface area (Å²) in [6.45, 7) is 18.7. The lowest BCUT2D eigenvalue weighted by atomic mass is 10.4. The molecule has 3 nitrogen and oxygen atoms in total. The lowest BCUT2D eigenvalue weighted by Gasteiger charge is -2.38. The van der Waals surface area contributed by atoms with Gasteiger partial charge in [0.1, 0.15) is 0 Å². The maximum Gasteiger partial charge on any atom is 0.343 e. The van der Waals surface area contributed by atoms with Crippen molar-refractivity contribution in [1.29, 1.82) is 0 Å². The summed E-state index contributed by atoms with van der Waals surface area (Å²) in [6.07, 6.45) is 0. The van der Waals surface area contributed by atoms with Crippen LogP contribution in [-0.4, -0.2) is 33.5 Å². The van der Waals surface area contributed by atoms with Gasteiger partial charge in [-0.2, -0.15) is 0 Å². The summed E-state index contributed by atoms with van der Waals surface area (Å²) in [4.78, 5) is 12.9. The lowest BCUT2D eigenvalue weighted by molar-refractivity contribution is 0.0532. The van der Waals surface area contributed by atoms with Crippen molar-refractivity contribution >= 4 is 29.8 Å². The lowest BCUT2D eigenvalue weighted by Crippen LogP contribution is -2.44. The highest BCUT2D eigenvalue weighted by molar-refractivity contribution is 7.55. The average molecular weight is 330 g/mol. The summed E-state index contributed by atoms with van der Waals surface area (Å²) in [5.74, 6) is -0.152. The molecule has 1 rings (SSSR count). The molecule has 0 saturated heterocycles. The Morgan fingerprint density at radius 2 is 1.75 bits per heavy atom. The third-order valence-electron chi connectivity index (χ3n) is 3.23. The van der Waals surface area contributed by atoms with Crippen molar-refractivity contribution in [2.75, 3.05) is 6.61 Å². The van der Waals surface area contributed by atoms with E-state index in [9.17, 15) is 4.79 Å². The van der Waals surface area contributed by atoms with Gasteiger partial charge in [-0.3, -0.25) is 0 Å². The van der Waals surface area contributed by atoms with E-state index < -0.39 is 23.8 Å². The van der Waals surface area contributed by atoms with Crippen molar-refractivity contribution < 1.29 is 9.53 Å². The van der Waals surface area contributed by atoms with Crippen LogP contribution in [0.1, 0.15) is 27.6 Å². The van der Waals surface area contributed by atoms with Gasteiger partial charge in [0.25, 0.3) is 0 Å². The van der Waals surface area contributed by atoms with Gasteiger partial charge in [0.2, 0.25) is 0 Å². The monoisotopic (exact) mass is 329 g/mol. The second-order valence-electron chi connectivity index (χ2n) is 7.47. The zero-order valence-corrected chi connectivity index (χ0v) is 17.0. The zero-order valence-electron chi connectivity index (χ0n) is 14.1. The standard InChI is InChI=1S/C14H28NO2PSi2/c1-9-17-13(16)12-10-11(2)15-18(12)14(19(3,4)5)20(6,7)8/h10,14H,9H2,1-8H3. The van der Waals surface area contributed by atoms with Gasteiger partial charge in [-0.15, -0.1) is 0 Å². The van der Waals surface area contributed by atoms with Crippen LogP contribution in [-0.2, 0) is 4.74 Å². The van der Waals surface area contributed by atoms with Gasteiger partial charge < -0.3 is 4.74 Å². The van der Waals surface area contributed by atoms with Crippen LogP contribution in [0, 0.1) is 6.92 Å². The zero-order chi connectivity index (χ0) is 15.7. The Kier molecular flexibility index (Phi) is 5.44. The van der Waals surface area contributed by atoms with Crippen LogP contribution in [0.5, 0.6) is 0 Å². The molecular formula is C14H28NO2PSi2. The number of rotatable bonds is 5. The van der Waals surface area contributed by atoms with Crippen molar-refractivity contribution in [3.05, 3.63) is 17.1 Å². The molecular weight excluding hydrogens is 301 g/mol. The van der Waals surface area contributed by atoms with Crippen LogP contribution in [0.15, 0.2) is 6.07 Å². The minimum atomic E-state index is -1.39. The van der Waals surface area contributed by atoms with Crippen molar-refractivity contribution in [2.24, 2.45) is 0 Å². The van der Waals surface area contributed by atoms with E-state index in [2.05, 4.69) is 39.3 Å². The van der Waals surface area contributed by atoms with Crippen LogP contribution in [0.4, 0.5) is 0 Å². The Bertz CT molecular complexity index is 472. The number of carbonyl (C=O) groups is 1. The SMILES string of the molecule is CCOC(=O)c1cc(C)np1C([Si](C)(C)C)[Si](C)(C)C. The fraction of sp³-hybridized carbons (Fsp3) is 0.714. The molecule has 1 aromatic heterocycles. The molecule has 0 aliphatic heterocycles. The van der Waals surface area contributed by atoms with Crippen LogP contribution in [0.2, 0.25) is 39.3 Å². The predicted molar refractivity (Wildman–Crippen MR) is 93.4 cm³/mol. The summed E-state index contributed by atoms with van der Waals surface area (Å²) in [6, 6.07) is 1.96. The second kappa shape index (κ2) is 6.16. The first-order valence-corrected chi connectivity index (χ1v) is 15.7. The largest absolute Gasteiger partial charge is 0.462 e. The van der Waals surface area contributed by atoms with E-state index in [0.29, 0.717) is 11.5 Å². The molecule has 0 bridgehead atoms. The first-order valence-electron chi connectivity index (χ1n) is 7.21. The molecule has 0 aromatic carbocycles. The molecule has 1 aromatic rings. The molecule has 6 heteroatoms. The molecule has 0 amide bonds. The third-order valence-corrected chi connectivity index (χ3v) is 19.6. The first-order chi connectivity index (χ1) is 8.98.